The van der Waals surface area contributed by atoms with Gasteiger partial charge >= 0.3 is 0 Å². The molecule has 0 amide bonds. The number of nitrogens with zero attached hydrogens (tertiary/aromatic N) is 2. The Kier molecular flexibility index (Phi) is 4.44. The predicted molar refractivity (Wildman–Crippen MR) is 73.8 cm³/mol. The highest BCUT2D eigenvalue weighted by Gasteiger charge is 2.18. The molecule has 96 valence electrons. The van der Waals surface area contributed by atoms with E-state index in [9.17, 15) is 5.11 Å². The standard InChI is InChI=1S/C14H18N2OS/c1-3-5-12-14(18-16-15-12)13(17)11-8-6-10(4-2)7-9-11/h6-9,13,17H,3-5H2,1-2H3. The Morgan fingerprint density at radius 2 is 1.94 bits per heavy atom. The summed E-state index contributed by atoms with van der Waals surface area (Å²) in [4.78, 5) is 0.876. The summed E-state index contributed by atoms with van der Waals surface area (Å²) in [5.74, 6) is 0. The van der Waals surface area contributed by atoms with Gasteiger partial charge < -0.3 is 5.11 Å². The molecule has 0 saturated heterocycles. The van der Waals surface area contributed by atoms with Crippen LogP contribution >= 0.6 is 11.5 Å². The summed E-state index contributed by atoms with van der Waals surface area (Å²) in [6.07, 6.45) is 2.30. The molecule has 3 nitrogen and oxygen atoms in total. The highest BCUT2D eigenvalue weighted by Crippen LogP contribution is 2.27. The Bertz CT molecular complexity index is 493. The number of aliphatic hydroxyl groups excluding tert-OH is 1. The van der Waals surface area contributed by atoms with Crippen LogP contribution < -0.4 is 0 Å². The zero-order chi connectivity index (χ0) is 13.0. The maximum atomic E-state index is 10.4. The molecular weight excluding hydrogens is 244 g/mol. The molecule has 0 radical (unpaired) electrons. The van der Waals surface area contributed by atoms with Crippen molar-refractivity contribution in [3.8, 4) is 0 Å². The van der Waals surface area contributed by atoms with Gasteiger partial charge in [0.1, 0.15) is 6.10 Å². The van der Waals surface area contributed by atoms with Crippen LogP contribution in [0.1, 0.15) is 48.1 Å². The fourth-order valence-electron chi connectivity index (χ4n) is 1.92. The molecule has 0 aliphatic heterocycles. The van der Waals surface area contributed by atoms with Crippen molar-refractivity contribution >= 4 is 11.5 Å². The van der Waals surface area contributed by atoms with Gasteiger partial charge in [0.05, 0.1) is 10.6 Å². The summed E-state index contributed by atoms with van der Waals surface area (Å²) in [7, 11) is 0. The van der Waals surface area contributed by atoms with E-state index in [2.05, 4.69) is 35.6 Å². The number of hydrogen-bond donors (Lipinski definition) is 1. The largest absolute Gasteiger partial charge is 0.383 e. The minimum atomic E-state index is -0.600. The summed E-state index contributed by atoms with van der Waals surface area (Å²) < 4.78 is 3.95. The summed E-state index contributed by atoms with van der Waals surface area (Å²) in [6, 6.07) is 8.09. The second-order valence-corrected chi connectivity index (χ2v) is 5.12. The highest BCUT2D eigenvalue weighted by molar-refractivity contribution is 7.05. The third kappa shape index (κ3) is 2.76. The normalized spacial score (nSPS) is 12.6. The Balaban J connectivity index is 2.23. The quantitative estimate of drug-likeness (QED) is 0.900. The minimum absolute atomic E-state index is 0.600. The lowest BCUT2D eigenvalue weighted by molar-refractivity contribution is 0.222. The molecule has 0 bridgehead atoms. The van der Waals surface area contributed by atoms with Crippen LogP contribution in [0.5, 0.6) is 0 Å². The lowest BCUT2D eigenvalue weighted by Gasteiger charge is -2.10. The number of rotatable bonds is 5. The average Bonchev–Trinajstić information content (AvgIpc) is 2.87. The van der Waals surface area contributed by atoms with Crippen molar-refractivity contribution in [3.05, 3.63) is 46.0 Å². The van der Waals surface area contributed by atoms with Crippen LogP contribution in [-0.2, 0) is 12.8 Å². The van der Waals surface area contributed by atoms with Crippen molar-refractivity contribution < 1.29 is 5.11 Å². The van der Waals surface area contributed by atoms with Gasteiger partial charge in [-0.05, 0) is 35.5 Å². The van der Waals surface area contributed by atoms with E-state index in [1.807, 2.05) is 12.1 Å². The number of aromatic nitrogens is 2. The van der Waals surface area contributed by atoms with Crippen molar-refractivity contribution in [1.29, 1.82) is 0 Å². The van der Waals surface area contributed by atoms with Crippen LogP contribution in [0, 0.1) is 0 Å². The molecule has 2 rings (SSSR count). The van der Waals surface area contributed by atoms with Crippen LogP contribution in [-0.4, -0.2) is 14.7 Å². The van der Waals surface area contributed by atoms with Gasteiger partial charge in [0.25, 0.3) is 0 Å². The molecule has 1 heterocycles. The van der Waals surface area contributed by atoms with Crippen LogP contribution in [0.2, 0.25) is 0 Å². The molecule has 4 heteroatoms. The first kappa shape index (κ1) is 13.2. The van der Waals surface area contributed by atoms with Crippen LogP contribution in [0.3, 0.4) is 0 Å². The molecule has 1 aromatic heterocycles. The van der Waals surface area contributed by atoms with Crippen molar-refractivity contribution in [2.24, 2.45) is 0 Å². The first-order chi connectivity index (χ1) is 8.76. The van der Waals surface area contributed by atoms with Crippen LogP contribution in [0.4, 0.5) is 0 Å². The lowest BCUT2D eigenvalue weighted by atomic mass is 10.0. The molecule has 1 N–H and O–H groups in total. The van der Waals surface area contributed by atoms with E-state index in [0.717, 1.165) is 35.4 Å². The van der Waals surface area contributed by atoms with Gasteiger partial charge in [-0.1, -0.05) is 49.0 Å². The second kappa shape index (κ2) is 6.07. The first-order valence-electron chi connectivity index (χ1n) is 6.34. The Hall–Kier alpha value is -1.26. The first-order valence-corrected chi connectivity index (χ1v) is 7.11. The van der Waals surface area contributed by atoms with E-state index in [4.69, 9.17) is 0 Å². The molecule has 1 atom stereocenters. The molecule has 1 aromatic carbocycles. The van der Waals surface area contributed by atoms with Gasteiger partial charge in [-0.25, -0.2) is 0 Å². The maximum absolute atomic E-state index is 10.4. The third-order valence-electron chi connectivity index (χ3n) is 3.02. The van der Waals surface area contributed by atoms with E-state index in [1.54, 1.807) is 0 Å². The third-order valence-corrected chi connectivity index (χ3v) is 3.84. The number of aryl methyl sites for hydroxylation is 2. The van der Waals surface area contributed by atoms with Gasteiger partial charge in [-0.15, -0.1) is 5.10 Å². The fraction of sp³-hybridized carbons (Fsp3) is 0.429. The van der Waals surface area contributed by atoms with Gasteiger partial charge in [0.15, 0.2) is 0 Å². The molecule has 1 unspecified atom stereocenters. The molecule has 0 spiro atoms. The monoisotopic (exact) mass is 262 g/mol. The van der Waals surface area contributed by atoms with Crippen molar-refractivity contribution in [1.82, 2.24) is 9.59 Å². The van der Waals surface area contributed by atoms with E-state index in [0.29, 0.717) is 0 Å². The fourth-order valence-corrected chi connectivity index (χ4v) is 2.63. The van der Waals surface area contributed by atoms with Gasteiger partial charge in [0, 0.05) is 0 Å². The molecule has 2 aromatic rings. The number of aliphatic hydroxyl groups is 1. The van der Waals surface area contributed by atoms with Crippen molar-refractivity contribution in [2.45, 2.75) is 39.2 Å². The Morgan fingerprint density at radius 1 is 1.22 bits per heavy atom. The van der Waals surface area contributed by atoms with Gasteiger partial charge in [0.2, 0.25) is 0 Å². The molecule has 0 aliphatic rings. The zero-order valence-corrected chi connectivity index (χ0v) is 11.6. The zero-order valence-electron chi connectivity index (χ0n) is 10.8. The second-order valence-electron chi connectivity index (χ2n) is 4.33. The molecule has 18 heavy (non-hydrogen) atoms. The molecular formula is C14H18N2OS. The predicted octanol–water partition coefficient (Wildman–Crippen LogP) is 3.13. The van der Waals surface area contributed by atoms with E-state index >= 15 is 0 Å². The minimum Gasteiger partial charge on any atom is -0.383 e. The summed E-state index contributed by atoms with van der Waals surface area (Å²) in [5, 5.41) is 14.5. The average molecular weight is 262 g/mol. The highest BCUT2D eigenvalue weighted by atomic mass is 32.1. The molecule has 0 fully saturated rings. The number of hydrogen-bond acceptors (Lipinski definition) is 4. The maximum Gasteiger partial charge on any atom is 0.117 e. The van der Waals surface area contributed by atoms with Gasteiger partial charge in [-0.3, -0.25) is 0 Å². The van der Waals surface area contributed by atoms with E-state index in [-0.39, 0.29) is 0 Å². The topological polar surface area (TPSA) is 46.0 Å². The smallest absolute Gasteiger partial charge is 0.117 e. The SMILES string of the molecule is CCCc1nnsc1C(O)c1ccc(CC)cc1. The Morgan fingerprint density at radius 3 is 2.56 bits per heavy atom. The van der Waals surface area contributed by atoms with E-state index in [1.165, 1.54) is 17.1 Å². The van der Waals surface area contributed by atoms with Crippen LogP contribution in [0.25, 0.3) is 0 Å². The summed E-state index contributed by atoms with van der Waals surface area (Å²) in [6.45, 7) is 4.23. The van der Waals surface area contributed by atoms with Crippen molar-refractivity contribution in [2.75, 3.05) is 0 Å². The van der Waals surface area contributed by atoms with E-state index < -0.39 is 6.10 Å². The number of benzene rings is 1. The van der Waals surface area contributed by atoms with Crippen molar-refractivity contribution in [3.63, 3.8) is 0 Å². The summed E-state index contributed by atoms with van der Waals surface area (Å²) >= 11 is 1.29. The Labute approximate surface area is 112 Å². The molecule has 0 aliphatic carbocycles. The molecule has 0 saturated carbocycles. The lowest BCUT2D eigenvalue weighted by Crippen LogP contribution is -2.01. The summed E-state index contributed by atoms with van der Waals surface area (Å²) in [5.41, 5.74) is 3.12. The van der Waals surface area contributed by atoms with Gasteiger partial charge in [-0.2, -0.15) is 0 Å². The van der Waals surface area contributed by atoms with Crippen LogP contribution in [0.15, 0.2) is 24.3 Å².